The van der Waals surface area contributed by atoms with E-state index in [2.05, 4.69) is 10.6 Å². The fourth-order valence-corrected chi connectivity index (χ4v) is 1.98. The van der Waals surface area contributed by atoms with E-state index < -0.39 is 0 Å². The Labute approximate surface area is 125 Å². The minimum atomic E-state index is -0.350. The highest BCUT2D eigenvalue weighted by molar-refractivity contribution is 5.96. The molecule has 0 radical (unpaired) electrons. The van der Waals surface area contributed by atoms with Gasteiger partial charge >= 0.3 is 0 Å². The van der Waals surface area contributed by atoms with Crippen molar-refractivity contribution >= 4 is 17.3 Å². The van der Waals surface area contributed by atoms with Gasteiger partial charge in [-0.25, -0.2) is 0 Å². The molecule has 1 atom stereocenters. The zero-order valence-corrected chi connectivity index (χ0v) is 12.5. The van der Waals surface area contributed by atoms with Crippen LogP contribution < -0.4 is 15.4 Å². The number of anilines is 2. The highest BCUT2D eigenvalue weighted by atomic mass is 16.5. The molecule has 2 aromatic rings. The highest BCUT2D eigenvalue weighted by Gasteiger charge is 2.13. The zero-order chi connectivity index (χ0) is 15.2. The second kappa shape index (κ2) is 6.79. The van der Waals surface area contributed by atoms with Crippen LogP contribution in [0.5, 0.6) is 5.75 Å². The SMILES string of the molecule is COc1cccc(NC(C)C(=O)Nc2ccccc2C)c1. The summed E-state index contributed by atoms with van der Waals surface area (Å²) in [5, 5.41) is 6.09. The lowest BCUT2D eigenvalue weighted by Crippen LogP contribution is -2.32. The van der Waals surface area contributed by atoms with Crippen molar-refractivity contribution in [3.63, 3.8) is 0 Å². The Morgan fingerprint density at radius 1 is 1.14 bits per heavy atom. The van der Waals surface area contributed by atoms with Gasteiger partial charge in [-0.3, -0.25) is 4.79 Å². The summed E-state index contributed by atoms with van der Waals surface area (Å²) in [6, 6.07) is 14.9. The number of rotatable bonds is 5. The number of hydrogen-bond acceptors (Lipinski definition) is 3. The van der Waals surface area contributed by atoms with Crippen LogP contribution in [-0.4, -0.2) is 19.1 Å². The average Bonchev–Trinajstić information content (AvgIpc) is 2.49. The van der Waals surface area contributed by atoms with E-state index in [1.165, 1.54) is 0 Å². The number of nitrogens with one attached hydrogen (secondary N) is 2. The third-order valence-corrected chi connectivity index (χ3v) is 3.25. The van der Waals surface area contributed by atoms with E-state index >= 15 is 0 Å². The molecule has 0 bridgehead atoms. The van der Waals surface area contributed by atoms with Gasteiger partial charge in [0.2, 0.25) is 5.91 Å². The second-order valence-corrected chi connectivity index (χ2v) is 4.90. The molecule has 2 rings (SSSR count). The minimum absolute atomic E-state index is 0.0767. The van der Waals surface area contributed by atoms with Crippen LogP contribution in [0.4, 0.5) is 11.4 Å². The summed E-state index contributed by atoms with van der Waals surface area (Å²) in [6.45, 7) is 3.79. The molecule has 0 heterocycles. The minimum Gasteiger partial charge on any atom is -0.497 e. The van der Waals surface area contributed by atoms with Gasteiger partial charge in [0, 0.05) is 17.4 Å². The summed E-state index contributed by atoms with van der Waals surface area (Å²) in [4.78, 5) is 12.2. The van der Waals surface area contributed by atoms with Crippen LogP contribution in [0.15, 0.2) is 48.5 Å². The molecule has 0 aromatic heterocycles. The number of ether oxygens (including phenoxy) is 1. The normalized spacial score (nSPS) is 11.6. The van der Waals surface area contributed by atoms with E-state index in [9.17, 15) is 4.79 Å². The molecule has 0 aliphatic heterocycles. The fraction of sp³-hybridized carbons (Fsp3) is 0.235. The monoisotopic (exact) mass is 284 g/mol. The molecule has 0 fully saturated rings. The third-order valence-electron chi connectivity index (χ3n) is 3.25. The van der Waals surface area contributed by atoms with Gasteiger partial charge in [0.05, 0.1) is 7.11 Å². The van der Waals surface area contributed by atoms with Crippen LogP contribution in [0.25, 0.3) is 0 Å². The Balaban J connectivity index is 2.01. The van der Waals surface area contributed by atoms with Crippen molar-refractivity contribution < 1.29 is 9.53 Å². The molecular formula is C17H20N2O2. The number of methoxy groups -OCH3 is 1. The Morgan fingerprint density at radius 2 is 1.90 bits per heavy atom. The maximum Gasteiger partial charge on any atom is 0.246 e. The number of hydrogen-bond donors (Lipinski definition) is 2. The molecule has 110 valence electrons. The van der Waals surface area contributed by atoms with Crippen LogP contribution >= 0.6 is 0 Å². The first-order chi connectivity index (χ1) is 10.1. The van der Waals surface area contributed by atoms with Crippen molar-refractivity contribution in [2.45, 2.75) is 19.9 Å². The topological polar surface area (TPSA) is 50.4 Å². The molecule has 1 amide bonds. The van der Waals surface area contributed by atoms with Crippen LogP contribution in [-0.2, 0) is 4.79 Å². The molecule has 1 unspecified atom stereocenters. The number of para-hydroxylation sites is 1. The zero-order valence-electron chi connectivity index (χ0n) is 12.5. The Kier molecular flexibility index (Phi) is 4.82. The second-order valence-electron chi connectivity index (χ2n) is 4.90. The maximum absolute atomic E-state index is 12.2. The lowest BCUT2D eigenvalue weighted by Gasteiger charge is -2.16. The summed E-state index contributed by atoms with van der Waals surface area (Å²) < 4.78 is 5.17. The Bertz CT molecular complexity index is 626. The first-order valence-electron chi connectivity index (χ1n) is 6.87. The van der Waals surface area contributed by atoms with E-state index in [1.807, 2.05) is 62.4 Å². The summed E-state index contributed by atoms with van der Waals surface area (Å²) in [7, 11) is 1.62. The Hall–Kier alpha value is -2.49. The van der Waals surface area contributed by atoms with Crippen molar-refractivity contribution in [3.05, 3.63) is 54.1 Å². The summed E-state index contributed by atoms with van der Waals surface area (Å²) in [5.41, 5.74) is 2.73. The van der Waals surface area contributed by atoms with E-state index in [-0.39, 0.29) is 11.9 Å². The first kappa shape index (κ1) is 14.9. The summed E-state index contributed by atoms with van der Waals surface area (Å²) in [6.07, 6.45) is 0. The van der Waals surface area contributed by atoms with Crippen LogP contribution in [0, 0.1) is 6.92 Å². The van der Waals surface area contributed by atoms with Crippen molar-refractivity contribution in [3.8, 4) is 5.75 Å². The van der Waals surface area contributed by atoms with Crippen molar-refractivity contribution in [2.24, 2.45) is 0 Å². The predicted octanol–water partition coefficient (Wildman–Crippen LogP) is 3.44. The van der Waals surface area contributed by atoms with Gasteiger partial charge in [-0.15, -0.1) is 0 Å². The van der Waals surface area contributed by atoms with Crippen molar-refractivity contribution in [1.29, 1.82) is 0 Å². The Morgan fingerprint density at radius 3 is 2.62 bits per heavy atom. The standard InChI is InChI=1S/C17H20N2O2/c1-12-7-4-5-10-16(12)19-17(20)13(2)18-14-8-6-9-15(11-14)21-3/h4-11,13,18H,1-3H3,(H,19,20). The quantitative estimate of drug-likeness (QED) is 0.884. The predicted molar refractivity (Wildman–Crippen MR) is 85.9 cm³/mol. The molecule has 0 aliphatic carbocycles. The largest absolute Gasteiger partial charge is 0.497 e. The molecule has 2 N–H and O–H groups in total. The number of aryl methyl sites for hydroxylation is 1. The molecule has 0 spiro atoms. The number of benzene rings is 2. The van der Waals surface area contributed by atoms with Crippen LogP contribution in [0.3, 0.4) is 0 Å². The fourth-order valence-electron chi connectivity index (χ4n) is 1.98. The van der Waals surface area contributed by atoms with Gasteiger partial charge in [0.1, 0.15) is 11.8 Å². The number of carbonyl (C=O) groups excluding carboxylic acids is 1. The van der Waals surface area contributed by atoms with Gasteiger partial charge in [-0.1, -0.05) is 24.3 Å². The van der Waals surface area contributed by atoms with Gasteiger partial charge in [0.25, 0.3) is 0 Å². The van der Waals surface area contributed by atoms with Crippen molar-refractivity contribution in [2.75, 3.05) is 17.7 Å². The summed E-state index contributed by atoms with van der Waals surface area (Å²) >= 11 is 0. The van der Waals surface area contributed by atoms with E-state index in [0.29, 0.717) is 0 Å². The van der Waals surface area contributed by atoms with Gasteiger partial charge in [0.15, 0.2) is 0 Å². The molecule has 2 aromatic carbocycles. The first-order valence-corrected chi connectivity index (χ1v) is 6.87. The van der Waals surface area contributed by atoms with Crippen LogP contribution in [0.2, 0.25) is 0 Å². The van der Waals surface area contributed by atoms with E-state index in [4.69, 9.17) is 4.74 Å². The van der Waals surface area contributed by atoms with E-state index in [0.717, 1.165) is 22.7 Å². The number of carbonyl (C=O) groups is 1. The van der Waals surface area contributed by atoms with Crippen molar-refractivity contribution in [1.82, 2.24) is 0 Å². The van der Waals surface area contributed by atoms with E-state index in [1.54, 1.807) is 7.11 Å². The molecule has 0 saturated carbocycles. The lowest BCUT2D eigenvalue weighted by molar-refractivity contribution is -0.116. The highest BCUT2D eigenvalue weighted by Crippen LogP contribution is 2.18. The van der Waals surface area contributed by atoms with Crippen LogP contribution in [0.1, 0.15) is 12.5 Å². The number of amides is 1. The molecule has 21 heavy (non-hydrogen) atoms. The van der Waals surface area contributed by atoms with Gasteiger partial charge < -0.3 is 15.4 Å². The molecule has 4 heteroatoms. The summed E-state index contributed by atoms with van der Waals surface area (Å²) in [5.74, 6) is 0.679. The molecule has 4 nitrogen and oxygen atoms in total. The smallest absolute Gasteiger partial charge is 0.246 e. The average molecular weight is 284 g/mol. The third kappa shape index (κ3) is 3.99. The molecule has 0 saturated heterocycles. The molecular weight excluding hydrogens is 264 g/mol. The lowest BCUT2D eigenvalue weighted by atomic mass is 10.2. The maximum atomic E-state index is 12.2. The van der Waals surface area contributed by atoms with Gasteiger partial charge in [-0.05, 0) is 37.6 Å². The van der Waals surface area contributed by atoms with Gasteiger partial charge in [-0.2, -0.15) is 0 Å². The molecule has 0 aliphatic rings.